The number of nitrogens with zero attached hydrogens (tertiary/aromatic N) is 6. The topological polar surface area (TPSA) is 137 Å². The van der Waals surface area contributed by atoms with Gasteiger partial charge in [-0.3, -0.25) is 0 Å². The number of aryl methyl sites for hydroxylation is 1. The molecule has 2 aliphatic heterocycles. The van der Waals surface area contributed by atoms with Crippen molar-refractivity contribution in [2.75, 3.05) is 7.11 Å². The zero-order chi connectivity index (χ0) is 48.4. The van der Waals surface area contributed by atoms with Crippen LogP contribution in [0.1, 0.15) is 101 Å². The standard InChI is InChI=1S/C38H38ClN3O4.C17H20ClN3O3/c1-24-10-12-26(13-11-24)38(25-8-6-5-7-9-25,27-14-16-28(43-4)17-15-27)44-29-20-37(21-29)22-31(32-33(37)46-36(2,3)45-32)42-19-18-30-34(39)40-23-41-35(30)42;1-16(2)23-12-11(7-17(13(12)24-16)5-9(22)6-17)21-4-3-10-14(18)19-8-20-15(10)21/h5-19,23,29,31-33H,20-22H2,1-4H3;3-4,8-9,11-13,22H,5-7H2,1-2H3/t29?,31-,32+,33+,37?,38?;9?,11-,12+,13+,17?/m11/s1. The summed E-state index contributed by atoms with van der Waals surface area (Å²) in [6, 6.07) is 31.7. The molecule has 4 aromatic heterocycles. The molecule has 2 spiro atoms. The summed E-state index contributed by atoms with van der Waals surface area (Å²) in [7, 11) is 1.69. The van der Waals surface area contributed by atoms with E-state index in [4.69, 9.17) is 51.6 Å². The van der Waals surface area contributed by atoms with E-state index in [1.807, 2.05) is 58.2 Å². The Bertz CT molecular complexity index is 3060. The summed E-state index contributed by atoms with van der Waals surface area (Å²) in [5.74, 6) is -0.469. The Labute approximate surface area is 417 Å². The van der Waals surface area contributed by atoms with Gasteiger partial charge in [-0.2, -0.15) is 0 Å². The first-order valence-electron chi connectivity index (χ1n) is 24.4. The van der Waals surface area contributed by atoms with Crippen molar-refractivity contribution in [3.8, 4) is 5.75 Å². The van der Waals surface area contributed by atoms with Crippen molar-refractivity contribution in [2.45, 2.75) is 139 Å². The number of rotatable bonds is 8. The third-order valence-corrected chi connectivity index (χ3v) is 16.7. The summed E-state index contributed by atoms with van der Waals surface area (Å²) < 4.78 is 43.2. The van der Waals surface area contributed by atoms with Crippen molar-refractivity contribution < 1.29 is 33.5 Å². The molecule has 6 heterocycles. The van der Waals surface area contributed by atoms with Gasteiger partial charge in [0.15, 0.2) is 11.6 Å². The van der Waals surface area contributed by atoms with Crippen molar-refractivity contribution in [3.05, 3.63) is 149 Å². The van der Waals surface area contributed by atoms with Crippen LogP contribution in [0.15, 0.2) is 116 Å². The van der Waals surface area contributed by atoms with E-state index in [0.29, 0.717) is 10.3 Å². The summed E-state index contributed by atoms with van der Waals surface area (Å²) in [5, 5.41) is 12.5. The van der Waals surface area contributed by atoms with Crippen LogP contribution in [0.3, 0.4) is 0 Å². The molecule has 1 unspecified atom stereocenters. The molecule has 1 N–H and O–H groups in total. The monoisotopic (exact) mass is 984 g/mol. The molecule has 6 fully saturated rings. The highest BCUT2D eigenvalue weighted by Gasteiger charge is 2.68. The molecule has 13 rings (SSSR count). The van der Waals surface area contributed by atoms with Gasteiger partial charge in [-0.25, -0.2) is 19.9 Å². The van der Waals surface area contributed by atoms with E-state index >= 15 is 0 Å². The van der Waals surface area contributed by atoms with Crippen LogP contribution in [0, 0.1) is 17.8 Å². The molecule has 364 valence electrons. The maximum Gasteiger partial charge on any atom is 0.163 e. The number of aliphatic hydroxyl groups is 1. The molecule has 70 heavy (non-hydrogen) atoms. The smallest absolute Gasteiger partial charge is 0.163 e. The second-order valence-corrected chi connectivity index (χ2v) is 22.1. The number of hydrogen-bond acceptors (Lipinski definition) is 11. The van der Waals surface area contributed by atoms with Crippen molar-refractivity contribution >= 4 is 45.3 Å². The highest BCUT2D eigenvalue weighted by atomic mass is 35.5. The Morgan fingerprint density at radius 1 is 0.600 bits per heavy atom. The molecule has 13 nitrogen and oxygen atoms in total. The Morgan fingerprint density at radius 2 is 1.07 bits per heavy atom. The molecule has 7 atom stereocenters. The first-order chi connectivity index (χ1) is 33.6. The second kappa shape index (κ2) is 16.8. The highest BCUT2D eigenvalue weighted by molar-refractivity contribution is 6.34. The highest BCUT2D eigenvalue weighted by Crippen LogP contribution is 2.65. The SMILES string of the molecule is CC1(C)O[C@H]2[C@H](n3ccc4c(Cl)ncnc43)CC3(CC(O)C3)[C@H]2O1.COc1ccc(C(OC2CC3(C2)C[C@@H](n2ccc4c(Cl)ncnc42)[C@@H]2OC(C)(C)O[C@@H]23)(c2ccccc2)c2ccc(C)cc2)cc1. The molecule has 0 bridgehead atoms. The minimum Gasteiger partial charge on any atom is -0.497 e. The Balaban J connectivity index is 0.000000176. The summed E-state index contributed by atoms with van der Waals surface area (Å²) >= 11 is 12.6. The largest absolute Gasteiger partial charge is 0.497 e. The fraction of sp³-hybridized carbons (Fsp3) is 0.455. The van der Waals surface area contributed by atoms with E-state index in [9.17, 15) is 5.11 Å². The lowest BCUT2D eigenvalue weighted by Gasteiger charge is -2.51. The average molecular weight is 986 g/mol. The van der Waals surface area contributed by atoms with Gasteiger partial charge in [-0.15, -0.1) is 0 Å². The number of aromatic nitrogens is 6. The van der Waals surface area contributed by atoms with E-state index in [1.54, 1.807) is 7.11 Å². The molecule has 4 aliphatic carbocycles. The van der Waals surface area contributed by atoms with Gasteiger partial charge in [0.2, 0.25) is 0 Å². The van der Waals surface area contributed by atoms with Crippen LogP contribution in [0.25, 0.3) is 22.1 Å². The van der Waals surface area contributed by atoms with Crippen molar-refractivity contribution in [1.82, 2.24) is 29.1 Å². The van der Waals surface area contributed by atoms with Crippen molar-refractivity contribution in [1.29, 1.82) is 0 Å². The molecule has 0 radical (unpaired) electrons. The third kappa shape index (κ3) is 7.49. The number of fused-ring (bicyclic) bond motifs is 6. The van der Waals surface area contributed by atoms with Gasteiger partial charge in [0.25, 0.3) is 0 Å². The first-order valence-corrected chi connectivity index (χ1v) is 25.1. The Kier molecular flexibility index (Phi) is 11.1. The second-order valence-electron chi connectivity index (χ2n) is 21.4. The maximum atomic E-state index is 9.91. The lowest BCUT2D eigenvalue weighted by atomic mass is 9.63. The maximum absolute atomic E-state index is 9.91. The van der Waals surface area contributed by atoms with E-state index < -0.39 is 17.2 Å². The molecule has 15 heteroatoms. The van der Waals surface area contributed by atoms with Crippen LogP contribution in [0.5, 0.6) is 5.75 Å². The lowest BCUT2D eigenvalue weighted by molar-refractivity contribution is -0.204. The molecule has 2 saturated heterocycles. The number of ether oxygens (including phenoxy) is 6. The van der Waals surface area contributed by atoms with Crippen molar-refractivity contribution in [3.63, 3.8) is 0 Å². The summed E-state index contributed by atoms with van der Waals surface area (Å²) in [6.45, 7) is 10.0. The van der Waals surface area contributed by atoms with Crippen LogP contribution >= 0.6 is 23.2 Å². The van der Waals surface area contributed by atoms with Crippen LogP contribution in [-0.4, -0.2) is 89.5 Å². The third-order valence-electron chi connectivity index (χ3n) is 16.1. The van der Waals surface area contributed by atoms with Gasteiger partial charge in [-0.05, 0) is 114 Å². The van der Waals surface area contributed by atoms with Crippen LogP contribution in [-0.2, 0) is 29.3 Å². The fourth-order valence-electron chi connectivity index (χ4n) is 13.2. The minimum atomic E-state index is -0.818. The van der Waals surface area contributed by atoms with E-state index in [0.717, 1.165) is 83.0 Å². The van der Waals surface area contributed by atoms with E-state index in [-0.39, 0.29) is 59.5 Å². The van der Waals surface area contributed by atoms with E-state index in [1.165, 1.54) is 18.2 Å². The number of hydrogen-bond donors (Lipinski definition) is 1. The summed E-state index contributed by atoms with van der Waals surface area (Å²) in [6.07, 6.45) is 11.7. The minimum absolute atomic E-state index is 0.00403. The Hall–Kier alpha value is -4.96. The van der Waals surface area contributed by atoms with Gasteiger partial charge < -0.3 is 42.7 Å². The van der Waals surface area contributed by atoms with Crippen LogP contribution in [0.4, 0.5) is 0 Å². The van der Waals surface area contributed by atoms with Gasteiger partial charge in [-0.1, -0.05) is 95.5 Å². The molecule has 7 aromatic rings. The van der Waals surface area contributed by atoms with Gasteiger partial charge in [0.05, 0.1) is 54.4 Å². The predicted molar refractivity (Wildman–Crippen MR) is 265 cm³/mol. The zero-order valence-corrected chi connectivity index (χ0v) is 41.7. The Morgan fingerprint density at radius 3 is 1.56 bits per heavy atom. The van der Waals surface area contributed by atoms with Crippen LogP contribution < -0.4 is 4.74 Å². The lowest BCUT2D eigenvalue weighted by Crippen LogP contribution is -2.52. The average Bonchev–Trinajstić information content (AvgIpc) is 4.18. The van der Waals surface area contributed by atoms with Crippen LogP contribution in [0.2, 0.25) is 10.3 Å². The molecule has 3 aromatic carbocycles. The number of aliphatic hydroxyl groups excluding tert-OH is 1. The van der Waals surface area contributed by atoms with Gasteiger partial charge in [0.1, 0.15) is 57.8 Å². The number of benzene rings is 3. The summed E-state index contributed by atoms with van der Waals surface area (Å²) in [5.41, 5.74) is 5.17. The summed E-state index contributed by atoms with van der Waals surface area (Å²) in [4.78, 5) is 17.3. The predicted octanol–water partition coefficient (Wildman–Crippen LogP) is 10.7. The quantitative estimate of drug-likeness (QED) is 0.115. The van der Waals surface area contributed by atoms with Gasteiger partial charge in [0, 0.05) is 23.2 Å². The zero-order valence-electron chi connectivity index (χ0n) is 40.2. The fourth-order valence-corrected chi connectivity index (χ4v) is 13.5. The molecular weight excluding hydrogens is 928 g/mol. The van der Waals surface area contributed by atoms with Gasteiger partial charge >= 0.3 is 0 Å². The molecule has 6 aliphatic rings. The van der Waals surface area contributed by atoms with Crippen molar-refractivity contribution in [2.24, 2.45) is 10.8 Å². The molecule has 4 saturated carbocycles. The molecule has 0 amide bonds. The van der Waals surface area contributed by atoms with E-state index in [2.05, 4.69) is 109 Å². The first kappa shape index (κ1) is 46.1. The molecular formula is C55H58Cl2N6O7. The number of halogens is 2. The normalized spacial score (nSPS) is 32.0. The number of methoxy groups -OCH3 is 1.